The molecular formula is C9H9O4S. The topological polar surface area (TPSA) is 71.4 Å². The van der Waals surface area contributed by atoms with Crippen LogP contribution in [0.15, 0.2) is 29.2 Å². The summed E-state index contributed by atoms with van der Waals surface area (Å²) in [7, 11) is -3.42. The summed E-state index contributed by atoms with van der Waals surface area (Å²) in [4.78, 5) is 10.3. The van der Waals surface area contributed by atoms with Crippen LogP contribution >= 0.6 is 0 Å². The van der Waals surface area contributed by atoms with E-state index in [2.05, 4.69) is 0 Å². The van der Waals surface area contributed by atoms with Gasteiger partial charge in [-0.2, -0.15) is 0 Å². The number of carbonyl (C=O) groups excluding carboxylic acids is 1. The Morgan fingerprint density at radius 2 is 1.79 bits per heavy atom. The summed E-state index contributed by atoms with van der Waals surface area (Å²) in [5.74, 6) is -0.308. The molecule has 5 heteroatoms. The van der Waals surface area contributed by atoms with Gasteiger partial charge in [0.2, 0.25) is 6.29 Å². The van der Waals surface area contributed by atoms with E-state index in [0.717, 1.165) is 0 Å². The molecule has 4 nitrogen and oxygen atoms in total. The third kappa shape index (κ3) is 2.40. The number of hydrogen-bond acceptors (Lipinski definition) is 4. The quantitative estimate of drug-likeness (QED) is 0.758. The van der Waals surface area contributed by atoms with Crippen molar-refractivity contribution in [2.75, 3.05) is 12.4 Å². The second-order valence-electron chi connectivity index (χ2n) is 2.67. The van der Waals surface area contributed by atoms with Crippen LogP contribution in [0.25, 0.3) is 0 Å². The fourth-order valence-electron chi connectivity index (χ4n) is 0.968. The van der Waals surface area contributed by atoms with Gasteiger partial charge < -0.3 is 5.11 Å². The van der Waals surface area contributed by atoms with E-state index in [1.165, 1.54) is 24.3 Å². The van der Waals surface area contributed by atoms with Crippen LogP contribution in [0.1, 0.15) is 5.56 Å². The minimum absolute atomic E-state index is 0.102. The molecule has 1 aromatic rings. The van der Waals surface area contributed by atoms with Crippen LogP contribution in [0, 0.1) is 0 Å². The summed E-state index contributed by atoms with van der Waals surface area (Å²) in [6, 6.07) is 5.39. The first-order chi connectivity index (χ1) is 6.60. The third-order valence-electron chi connectivity index (χ3n) is 1.69. The van der Waals surface area contributed by atoms with Crippen LogP contribution in [0.2, 0.25) is 0 Å². The first kappa shape index (κ1) is 10.9. The van der Waals surface area contributed by atoms with Crippen LogP contribution in [-0.2, 0) is 14.6 Å². The Morgan fingerprint density at radius 1 is 1.21 bits per heavy atom. The number of rotatable bonds is 4. The lowest BCUT2D eigenvalue weighted by Crippen LogP contribution is -2.09. The molecule has 0 atom stereocenters. The average molecular weight is 213 g/mol. The highest BCUT2D eigenvalue weighted by Gasteiger charge is 2.12. The molecule has 1 radical (unpaired) electrons. The van der Waals surface area contributed by atoms with Crippen LogP contribution in [0.5, 0.6) is 0 Å². The van der Waals surface area contributed by atoms with E-state index >= 15 is 0 Å². The zero-order valence-corrected chi connectivity index (χ0v) is 8.12. The molecule has 0 bridgehead atoms. The highest BCUT2D eigenvalue weighted by Crippen LogP contribution is 2.11. The molecule has 14 heavy (non-hydrogen) atoms. The Bertz CT molecular complexity index is 405. The molecule has 0 unspecified atom stereocenters. The average Bonchev–Trinajstić information content (AvgIpc) is 2.18. The van der Waals surface area contributed by atoms with Crippen LogP contribution < -0.4 is 0 Å². The van der Waals surface area contributed by atoms with Crippen molar-refractivity contribution in [1.29, 1.82) is 0 Å². The molecule has 1 aromatic carbocycles. The fourth-order valence-corrected chi connectivity index (χ4v) is 2.00. The third-order valence-corrected chi connectivity index (χ3v) is 3.40. The van der Waals surface area contributed by atoms with Gasteiger partial charge in [-0.15, -0.1) is 0 Å². The van der Waals surface area contributed by atoms with Gasteiger partial charge in [-0.25, -0.2) is 8.42 Å². The van der Waals surface area contributed by atoms with E-state index in [-0.39, 0.29) is 10.6 Å². The van der Waals surface area contributed by atoms with Crippen LogP contribution in [-0.4, -0.2) is 32.2 Å². The molecule has 0 spiro atoms. The predicted octanol–water partition coefficient (Wildman–Crippen LogP) is -0.0896. The summed E-state index contributed by atoms with van der Waals surface area (Å²) < 4.78 is 22.7. The van der Waals surface area contributed by atoms with E-state index in [9.17, 15) is 13.2 Å². The molecule has 1 N–H and O–H groups in total. The summed E-state index contributed by atoms with van der Waals surface area (Å²) >= 11 is 0. The van der Waals surface area contributed by atoms with Gasteiger partial charge in [0.05, 0.1) is 17.3 Å². The van der Waals surface area contributed by atoms with Crippen molar-refractivity contribution in [1.82, 2.24) is 0 Å². The Kier molecular flexibility index (Phi) is 3.38. The molecule has 0 aliphatic rings. The van der Waals surface area contributed by atoms with Crippen molar-refractivity contribution in [3.05, 3.63) is 29.8 Å². The minimum atomic E-state index is -3.42. The lowest BCUT2D eigenvalue weighted by molar-refractivity contribution is 0.319. The molecule has 1 rings (SSSR count). The van der Waals surface area contributed by atoms with Gasteiger partial charge in [0.25, 0.3) is 0 Å². The monoisotopic (exact) mass is 213 g/mol. The second-order valence-corrected chi connectivity index (χ2v) is 4.78. The highest BCUT2D eigenvalue weighted by atomic mass is 32.2. The van der Waals surface area contributed by atoms with E-state index in [0.29, 0.717) is 5.56 Å². The first-order valence-corrected chi connectivity index (χ1v) is 5.57. The first-order valence-electron chi connectivity index (χ1n) is 3.92. The normalized spacial score (nSPS) is 11.2. The van der Waals surface area contributed by atoms with E-state index in [1.54, 1.807) is 6.29 Å². The van der Waals surface area contributed by atoms with Crippen molar-refractivity contribution in [2.24, 2.45) is 0 Å². The SMILES string of the molecule is O=[C]c1ccc(S(=O)(=O)CCO)cc1. The lowest BCUT2D eigenvalue weighted by Gasteiger charge is -2.01. The smallest absolute Gasteiger partial charge is 0.233 e. The Labute approximate surface area is 82.1 Å². The van der Waals surface area contributed by atoms with E-state index in [1.807, 2.05) is 0 Å². The number of benzene rings is 1. The van der Waals surface area contributed by atoms with Gasteiger partial charge in [0, 0.05) is 5.56 Å². The predicted molar refractivity (Wildman–Crippen MR) is 50.4 cm³/mol. The molecule has 0 saturated heterocycles. The van der Waals surface area contributed by atoms with Crippen molar-refractivity contribution < 1.29 is 18.3 Å². The Morgan fingerprint density at radius 3 is 2.21 bits per heavy atom. The van der Waals surface area contributed by atoms with Gasteiger partial charge in [-0.05, 0) is 24.3 Å². The molecule has 0 aromatic heterocycles. The standard InChI is InChI=1S/C9H9O4S/c10-5-6-14(12,13)9-3-1-8(7-11)2-4-9/h1-4,10H,5-6H2. The van der Waals surface area contributed by atoms with Crippen LogP contribution in [0.3, 0.4) is 0 Å². The fraction of sp³-hybridized carbons (Fsp3) is 0.222. The largest absolute Gasteiger partial charge is 0.395 e. The van der Waals surface area contributed by atoms with E-state index < -0.39 is 16.4 Å². The van der Waals surface area contributed by atoms with Crippen molar-refractivity contribution in [3.63, 3.8) is 0 Å². The number of sulfone groups is 1. The molecule has 0 fully saturated rings. The van der Waals surface area contributed by atoms with Crippen molar-refractivity contribution >= 4 is 16.1 Å². The molecular weight excluding hydrogens is 204 g/mol. The maximum atomic E-state index is 11.4. The summed E-state index contributed by atoms with van der Waals surface area (Å²) in [5, 5.41) is 8.52. The second kappa shape index (κ2) is 4.34. The van der Waals surface area contributed by atoms with Gasteiger partial charge in [0.1, 0.15) is 0 Å². The van der Waals surface area contributed by atoms with Gasteiger partial charge in [-0.3, -0.25) is 4.79 Å². The highest BCUT2D eigenvalue weighted by molar-refractivity contribution is 7.91. The summed E-state index contributed by atoms with van der Waals surface area (Å²) in [6.07, 6.45) is 1.64. The van der Waals surface area contributed by atoms with Gasteiger partial charge in [-0.1, -0.05) is 0 Å². The van der Waals surface area contributed by atoms with Gasteiger partial charge in [0.15, 0.2) is 9.84 Å². The minimum Gasteiger partial charge on any atom is -0.395 e. The molecule has 0 aliphatic carbocycles. The zero-order chi connectivity index (χ0) is 10.6. The maximum Gasteiger partial charge on any atom is 0.233 e. The maximum absolute atomic E-state index is 11.4. The molecule has 0 aliphatic heterocycles. The van der Waals surface area contributed by atoms with E-state index in [4.69, 9.17) is 5.11 Å². The number of hydrogen-bond donors (Lipinski definition) is 1. The lowest BCUT2D eigenvalue weighted by atomic mass is 10.2. The Balaban J connectivity index is 3.03. The van der Waals surface area contributed by atoms with Crippen LogP contribution in [0.4, 0.5) is 0 Å². The zero-order valence-electron chi connectivity index (χ0n) is 7.30. The molecule has 0 amide bonds. The van der Waals surface area contributed by atoms with Gasteiger partial charge >= 0.3 is 0 Å². The number of aliphatic hydroxyl groups excluding tert-OH is 1. The molecule has 0 saturated carbocycles. The number of aliphatic hydroxyl groups is 1. The summed E-state index contributed by atoms with van der Waals surface area (Å²) in [5.41, 5.74) is 0.299. The summed E-state index contributed by atoms with van der Waals surface area (Å²) in [6.45, 7) is -0.413. The molecule has 75 valence electrons. The van der Waals surface area contributed by atoms with Crippen molar-refractivity contribution in [3.8, 4) is 0 Å². The van der Waals surface area contributed by atoms with Crippen molar-refractivity contribution in [2.45, 2.75) is 4.90 Å². The Hall–Kier alpha value is -1.20. The molecule has 0 heterocycles.